The van der Waals surface area contributed by atoms with Crippen molar-refractivity contribution in [2.75, 3.05) is 11.9 Å². The second-order valence-electron chi connectivity index (χ2n) is 4.93. The molecule has 0 radical (unpaired) electrons. The maximum atomic E-state index is 11.8. The molecule has 9 heteroatoms. The minimum Gasteiger partial charge on any atom is -0.462 e. The maximum Gasteiger partial charge on any atom is 0.245 e. The summed E-state index contributed by atoms with van der Waals surface area (Å²) in [5.41, 5.74) is 5.68. The lowest BCUT2D eigenvalue weighted by Gasteiger charge is -2.14. The molecule has 0 aromatic carbocycles. The van der Waals surface area contributed by atoms with Crippen LogP contribution >= 0.6 is 11.3 Å². The van der Waals surface area contributed by atoms with E-state index in [-0.39, 0.29) is 18.4 Å². The molecule has 0 aliphatic heterocycles. The van der Waals surface area contributed by atoms with Crippen molar-refractivity contribution in [2.45, 2.75) is 19.9 Å². The van der Waals surface area contributed by atoms with Crippen LogP contribution < -0.4 is 16.4 Å². The summed E-state index contributed by atoms with van der Waals surface area (Å²) < 4.78 is 5.19. The monoisotopic (exact) mass is 323 g/mol. The van der Waals surface area contributed by atoms with Crippen molar-refractivity contribution in [3.63, 3.8) is 0 Å². The summed E-state index contributed by atoms with van der Waals surface area (Å²) >= 11 is 1.18. The number of nitrogens with one attached hydrogen (secondary N) is 2. The van der Waals surface area contributed by atoms with Crippen LogP contribution in [0.1, 0.15) is 13.8 Å². The molecule has 118 valence electrons. The van der Waals surface area contributed by atoms with E-state index in [1.54, 1.807) is 12.1 Å². The SMILES string of the molecule is CC(C)[C@H](N)C(=O)NCC(=O)Nc1nnc(-c2ccco2)s1. The zero-order chi connectivity index (χ0) is 16.1. The Kier molecular flexibility index (Phi) is 5.23. The van der Waals surface area contributed by atoms with Gasteiger partial charge in [-0.25, -0.2) is 0 Å². The van der Waals surface area contributed by atoms with E-state index in [0.29, 0.717) is 15.9 Å². The molecule has 0 aliphatic rings. The highest BCUT2D eigenvalue weighted by Crippen LogP contribution is 2.26. The largest absolute Gasteiger partial charge is 0.462 e. The van der Waals surface area contributed by atoms with Gasteiger partial charge in [-0.05, 0) is 18.1 Å². The summed E-state index contributed by atoms with van der Waals surface area (Å²) in [5, 5.41) is 13.7. The second-order valence-corrected chi connectivity index (χ2v) is 5.90. The van der Waals surface area contributed by atoms with E-state index in [1.807, 2.05) is 13.8 Å². The van der Waals surface area contributed by atoms with Crippen LogP contribution in [0.2, 0.25) is 0 Å². The summed E-state index contributed by atoms with van der Waals surface area (Å²) in [7, 11) is 0. The topological polar surface area (TPSA) is 123 Å². The summed E-state index contributed by atoms with van der Waals surface area (Å²) in [4.78, 5) is 23.4. The van der Waals surface area contributed by atoms with E-state index in [4.69, 9.17) is 10.2 Å². The standard InChI is InChI=1S/C13H17N5O3S/c1-7(2)10(14)11(20)15-6-9(19)16-13-18-17-12(22-13)8-4-3-5-21-8/h3-5,7,10H,6,14H2,1-2H3,(H,15,20)(H,16,18,19)/t10-/m0/s1. The molecule has 0 aliphatic carbocycles. The first-order valence-electron chi connectivity index (χ1n) is 6.68. The van der Waals surface area contributed by atoms with Crippen molar-refractivity contribution in [1.82, 2.24) is 15.5 Å². The molecule has 2 heterocycles. The van der Waals surface area contributed by atoms with Crippen LogP contribution in [0.3, 0.4) is 0 Å². The lowest BCUT2D eigenvalue weighted by Crippen LogP contribution is -2.46. The number of rotatable bonds is 6. The fourth-order valence-corrected chi connectivity index (χ4v) is 2.25. The first-order valence-corrected chi connectivity index (χ1v) is 7.49. The predicted molar refractivity (Wildman–Crippen MR) is 82.1 cm³/mol. The summed E-state index contributed by atoms with van der Waals surface area (Å²) in [6.07, 6.45) is 1.53. The fraction of sp³-hybridized carbons (Fsp3) is 0.385. The van der Waals surface area contributed by atoms with Crippen LogP contribution in [-0.4, -0.2) is 34.6 Å². The highest BCUT2D eigenvalue weighted by molar-refractivity contribution is 7.18. The van der Waals surface area contributed by atoms with Crippen LogP contribution in [0, 0.1) is 5.92 Å². The van der Waals surface area contributed by atoms with Crippen LogP contribution in [-0.2, 0) is 9.59 Å². The van der Waals surface area contributed by atoms with Gasteiger partial charge < -0.3 is 15.5 Å². The highest BCUT2D eigenvalue weighted by Gasteiger charge is 2.18. The van der Waals surface area contributed by atoms with Gasteiger partial charge >= 0.3 is 0 Å². The van der Waals surface area contributed by atoms with Crippen molar-refractivity contribution < 1.29 is 14.0 Å². The van der Waals surface area contributed by atoms with Crippen molar-refractivity contribution >= 4 is 28.3 Å². The molecule has 0 saturated carbocycles. The molecular weight excluding hydrogens is 306 g/mol. The third-order valence-electron chi connectivity index (χ3n) is 2.85. The van der Waals surface area contributed by atoms with Crippen LogP contribution in [0.25, 0.3) is 10.8 Å². The van der Waals surface area contributed by atoms with Gasteiger partial charge in [0.05, 0.1) is 18.8 Å². The number of hydrogen-bond acceptors (Lipinski definition) is 7. The van der Waals surface area contributed by atoms with Gasteiger partial charge in [-0.1, -0.05) is 25.2 Å². The number of carbonyl (C=O) groups excluding carboxylic acids is 2. The predicted octanol–water partition coefficient (Wildman–Crippen LogP) is 0.836. The molecule has 0 saturated heterocycles. The van der Waals surface area contributed by atoms with Crippen LogP contribution in [0.4, 0.5) is 5.13 Å². The Morgan fingerprint density at radius 2 is 2.18 bits per heavy atom. The number of furan rings is 1. The van der Waals surface area contributed by atoms with Crippen LogP contribution in [0.5, 0.6) is 0 Å². The van der Waals surface area contributed by atoms with Crippen molar-refractivity contribution in [3.8, 4) is 10.8 Å². The van der Waals surface area contributed by atoms with Gasteiger partial charge in [-0.3, -0.25) is 14.9 Å². The molecule has 8 nitrogen and oxygen atoms in total. The van der Waals surface area contributed by atoms with E-state index in [2.05, 4.69) is 20.8 Å². The number of aromatic nitrogens is 2. The molecule has 4 N–H and O–H groups in total. The van der Waals surface area contributed by atoms with Gasteiger partial charge in [0, 0.05) is 0 Å². The first-order chi connectivity index (χ1) is 10.5. The number of hydrogen-bond donors (Lipinski definition) is 3. The maximum absolute atomic E-state index is 11.8. The van der Waals surface area contributed by atoms with Gasteiger partial charge in [0.2, 0.25) is 16.9 Å². The molecule has 0 bridgehead atoms. The molecule has 2 amide bonds. The minimum atomic E-state index is -0.639. The summed E-state index contributed by atoms with van der Waals surface area (Å²) in [5.74, 6) is -0.179. The third kappa shape index (κ3) is 4.12. The lowest BCUT2D eigenvalue weighted by molar-refractivity contribution is -0.125. The molecular formula is C13H17N5O3S. The summed E-state index contributed by atoms with van der Waals surface area (Å²) in [6, 6.07) is 2.85. The molecule has 2 aromatic heterocycles. The third-order valence-corrected chi connectivity index (χ3v) is 3.70. The van der Waals surface area contributed by atoms with Crippen molar-refractivity contribution in [3.05, 3.63) is 18.4 Å². The Bertz CT molecular complexity index is 638. The van der Waals surface area contributed by atoms with E-state index >= 15 is 0 Å². The van der Waals surface area contributed by atoms with E-state index in [9.17, 15) is 9.59 Å². The van der Waals surface area contributed by atoms with E-state index in [1.165, 1.54) is 17.6 Å². The summed E-state index contributed by atoms with van der Waals surface area (Å²) in [6.45, 7) is 3.50. The van der Waals surface area contributed by atoms with Crippen molar-refractivity contribution in [2.24, 2.45) is 11.7 Å². The minimum absolute atomic E-state index is 0.00192. The van der Waals surface area contributed by atoms with Gasteiger partial charge in [0.1, 0.15) is 0 Å². The van der Waals surface area contributed by atoms with E-state index in [0.717, 1.165) is 0 Å². The average molecular weight is 323 g/mol. The Morgan fingerprint density at radius 1 is 1.41 bits per heavy atom. The molecule has 0 spiro atoms. The smallest absolute Gasteiger partial charge is 0.245 e. The molecule has 2 aromatic rings. The number of carbonyl (C=O) groups is 2. The molecule has 2 rings (SSSR count). The van der Waals surface area contributed by atoms with Crippen molar-refractivity contribution in [1.29, 1.82) is 0 Å². The number of nitrogens with zero attached hydrogens (tertiary/aromatic N) is 2. The lowest BCUT2D eigenvalue weighted by atomic mass is 10.1. The molecule has 0 fully saturated rings. The molecule has 0 unspecified atom stereocenters. The number of anilines is 1. The van der Waals surface area contributed by atoms with Crippen LogP contribution in [0.15, 0.2) is 22.8 Å². The van der Waals surface area contributed by atoms with Gasteiger partial charge in [-0.2, -0.15) is 0 Å². The first kappa shape index (κ1) is 16.1. The zero-order valence-corrected chi connectivity index (χ0v) is 13.0. The Morgan fingerprint density at radius 3 is 2.82 bits per heavy atom. The zero-order valence-electron chi connectivity index (χ0n) is 12.2. The Labute approximate surface area is 131 Å². The molecule has 1 atom stereocenters. The Balaban J connectivity index is 1.84. The number of nitrogens with two attached hydrogens (primary N) is 1. The van der Waals surface area contributed by atoms with E-state index < -0.39 is 11.9 Å². The fourth-order valence-electron chi connectivity index (χ4n) is 1.53. The average Bonchev–Trinajstić information content (AvgIpc) is 3.14. The quantitative estimate of drug-likeness (QED) is 0.723. The normalized spacial score (nSPS) is 12.2. The highest BCUT2D eigenvalue weighted by atomic mass is 32.1. The second kappa shape index (κ2) is 7.14. The van der Waals surface area contributed by atoms with Gasteiger partial charge in [0.15, 0.2) is 10.8 Å². The van der Waals surface area contributed by atoms with Gasteiger partial charge in [0.25, 0.3) is 0 Å². The molecule has 22 heavy (non-hydrogen) atoms. The van der Waals surface area contributed by atoms with Gasteiger partial charge in [-0.15, -0.1) is 10.2 Å². The Hall–Kier alpha value is -2.26. The number of amides is 2.